The molecular formula is C17H21NO7. The molecule has 0 bridgehead atoms. The number of ether oxygens (including phenoxy) is 2. The highest BCUT2D eigenvalue weighted by Gasteiger charge is 2.19. The molecule has 1 aromatic carbocycles. The Balaban J connectivity index is 2.41. The lowest BCUT2D eigenvalue weighted by molar-refractivity contribution is -0.121. The summed E-state index contributed by atoms with van der Waals surface area (Å²) in [6.45, 7) is 1.14. The summed E-state index contributed by atoms with van der Waals surface area (Å²) in [4.78, 5) is 24.3. The Kier molecular flexibility index (Phi) is 6.00. The van der Waals surface area contributed by atoms with Crippen LogP contribution in [0.2, 0.25) is 0 Å². The predicted octanol–water partition coefficient (Wildman–Crippen LogP) is 0.131. The van der Waals surface area contributed by atoms with Crippen molar-refractivity contribution in [2.75, 3.05) is 27.4 Å². The molecule has 0 spiro atoms. The average molecular weight is 351 g/mol. The number of hydrogen-bond donors (Lipinski definition) is 3. The Bertz CT molecular complexity index is 828. The van der Waals surface area contributed by atoms with E-state index in [-0.39, 0.29) is 18.5 Å². The lowest BCUT2D eigenvalue weighted by Gasteiger charge is -2.13. The first-order chi connectivity index (χ1) is 11.9. The Morgan fingerprint density at radius 1 is 1.32 bits per heavy atom. The molecule has 8 heteroatoms. The molecule has 0 saturated heterocycles. The van der Waals surface area contributed by atoms with E-state index in [1.807, 2.05) is 0 Å². The molecule has 8 nitrogen and oxygen atoms in total. The van der Waals surface area contributed by atoms with Crippen LogP contribution in [0.3, 0.4) is 0 Å². The number of hydrogen-bond acceptors (Lipinski definition) is 7. The van der Waals surface area contributed by atoms with Gasteiger partial charge in [-0.1, -0.05) is 0 Å². The van der Waals surface area contributed by atoms with Crippen LogP contribution in [0.25, 0.3) is 11.0 Å². The van der Waals surface area contributed by atoms with Gasteiger partial charge in [-0.15, -0.1) is 0 Å². The molecule has 1 atom stereocenters. The number of methoxy groups -OCH3 is 2. The third kappa shape index (κ3) is 4.09. The van der Waals surface area contributed by atoms with Crippen LogP contribution in [0.5, 0.6) is 11.5 Å². The molecule has 0 unspecified atom stereocenters. The van der Waals surface area contributed by atoms with Gasteiger partial charge in [0.05, 0.1) is 44.3 Å². The Morgan fingerprint density at radius 3 is 2.64 bits per heavy atom. The minimum atomic E-state index is -1.05. The lowest BCUT2D eigenvalue weighted by Crippen LogP contribution is -2.35. The van der Waals surface area contributed by atoms with Gasteiger partial charge in [0.1, 0.15) is 17.1 Å². The maximum absolute atomic E-state index is 12.3. The summed E-state index contributed by atoms with van der Waals surface area (Å²) in [5, 5.41) is 21.1. The molecule has 0 radical (unpaired) electrons. The van der Waals surface area contributed by atoms with Gasteiger partial charge in [-0.05, 0) is 12.5 Å². The van der Waals surface area contributed by atoms with Gasteiger partial charge in [0.25, 0.3) is 0 Å². The number of amides is 1. The molecule has 2 rings (SSSR count). The molecule has 2 aromatic rings. The molecule has 1 aromatic heterocycles. The summed E-state index contributed by atoms with van der Waals surface area (Å²) in [6, 6.07) is 3.24. The maximum atomic E-state index is 12.3. The fourth-order valence-electron chi connectivity index (χ4n) is 2.48. The van der Waals surface area contributed by atoms with E-state index in [0.29, 0.717) is 28.0 Å². The van der Waals surface area contributed by atoms with Gasteiger partial charge in [-0.2, -0.15) is 0 Å². The summed E-state index contributed by atoms with van der Waals surface area (Å²) < 4.78 is 15.8. The van der Waals surface area contributed by atoms with Crippen molar-refractivity contribution in [3.8, 4) is 11.5 Å². The maximum Gasteiger partial charge on any atom is 0.340 e. The lowest BCUT2D eigenvalue weighted by atomic mass is 10.0. The third-order valence-corrected chi connectivity index (χ3v) is 3.85. The fraction of sp³-hybridized carbons (Fsp3) is 0.412. The molecule has 1 heterocycles. The van der Waals surface area contributed by atoms with Crippen molar-refractivity contribution in [3.63, 3.8) is 0 Å². The highest BCUT2D eigenvalue weighted by Crippen LogP contribution is 2.33. The Hall–Kier alpha value is -2.58. The molecule has 0 saturated carbocycles. The summed E-state index contributed by atoms with van der Waals surface area (Å²) in [5.41, 5.74) is 0.451. The normalized spacial score (nSPS) is 12.0. The quantitative estimate of drug-likeness (QED) is 0.607. The molecule has 3 N–H and O–H groups in total. The second-order valence-electron chi connectivity index (χ2n) is 5.51. The SMILES string of the molecule is COc1cc(OC)c2c(C)c(CC(=O)NC[C@@H](O)CO)c(=O)oc2c1. The third-order valence-electron chi connectivity index (χ3n) is 3.85. The number of aryl methyl sites for hydroxylation is 1. The number of fused-ring (bicyclic) bond motifs is 1. The van der Waals surface area contributed by atoms with Crippen molar-refractivity contribution in [3.05, 3.63) is 33.7 Å². The van der Waals surface area contributed by atoms with Crippen molar-refractivity contribution >= 4 is 16.9 Å². The number of carbonyl (C=O) groups is 1. The summed E-state index contributed by atoms with van der Waals surface area (Å²) in [5.74, 6) is 0.484. The summed E-state index contributed by atoms with van der Waals surface area (Å²) >= 11 is 0. The summed E-state index contributed by atoms with van der Waals surface area (Å²) in [6.07, 6.45) is -1.26. The van der Waals surface area contributed by atoms with Gasteiger partial charge in [0.15, 0.2) is 0 Å². The zero-order chi connectivity index (χ0) is 18.6. The van der Waals surface area contributed by atoms with E-state index in [1.54, 1.807) is 19.1 Å². The molecule has 0 aliphatic carbocycles. The van der Waals surface area contributed by atoms with Crippen LogP contribution in [-0.4, -0.2) is 49.6 Å². The molecule has 0 aliphatic heterocycles. The molecule has 136 valence electrons. The van der Waals surface area contributed by atoms with E-state index in [0.717, 1.165) is 0 Å². The predicted molar refractivity (Wildman–Crippen MR) is 90.1 cm³/mol. The van der Waals surface area contributed by atoms with Crippen molar-refractivity contribution in [1.82, 2.24) is 5.32 Å². The van der Waals surface area contributed by atoms with Crippen LogP contribution in [-0.2, 0) is 11.2 Å². The first-order valence-electron chi connectivity index (χ1n) is 7.65. The number of aliphatic hydroxyl groups excluding tert-OH is 2. The molecule has 25 heavy (non-hydrogen) atoms. The van der Waals surface area contributed by atoms with Crippen LogP contribution < -0.4 is 20.4 Å². The fourth-order valence-corrected chi connectivity index (χ4v) is 2.48. The minimum Gasteiger partial charge on any atom is -0.496 e. The van der Waals surface area contributed by atoms with Gasteiger partial charge in [0.2, 0.25) is 5.91 Å². The van der Waals surface area contributed by atoms with Crippen molar-refractivity contribution in [1.29, 1.82) is 0 Å². The van der Waals surface area contributed by atoms with Gasteiger partial charge >= 0.3 is 5.63 Å². The van der Waals surface area contributed by atoms with E-state index in [9.17, 15) is 14.7 Å². The summed E-state index contributed by atoms with van der Waals surface area (Å²) in [7, 11) is 2.98. The number of carbonyl (C=O) groups excluding carboxylic acids is 1. The molecule has 0 fully saturated rings. The zero-order valence-electron chi connectivity index (χ0n) is 14.3. The van der Waals surface area contributed by atoms with E-state index in [2.05, 4.69) is 5.32 Å². The largest absolute Gasteiger partial charge is 0.496 e. The van der Waals surface area contributed by atoms with Crippen LogP contribution in [0.1, 0.15) is 11.1 Å². The van der Waals surface area contributed by atoms with E-state index >= 15 is 0 Å². The second kappa shape index (κ2) is 8.00. The van der Waals surface area contributed by atoms with Crippen LogP contribution in [0.4, 0.5) is 0 Å². The average Bonchev–Trinajstić information content (AvgIpc) is 2.61. The number of aliphatic hydroxyl groups is 2. The second-order valence-corrected chi connectivity index (χ2v) is 5.51. The van der Waals surface area contributed by atoms with Gasteiger partial charge in [-0.25, -0.2) is 4.79 Å². The molecule has 1 amide bonds. The standard InChI is InChI=1S/C17H21NO7/c1-9-12(6-15(21)18-7-10(20)8-19)17(22)25-14-5-11(23-2)4-13(24-3)16(9)14/h4-5,10,19-20H,6-8H2,1-3H3,(H,18,21)/t10-/m1/s1. The van der Waals surface area contributed by atoms with Gasteiger partial charge in [-0.3, -0.25) is 4.79 Å². The molecule has 0 aliphatic rings. The Morgan fingerprint density at radius 2 is 2.04 bits per heavy atom. The van der Waals surface area contributed by atoms with Crippen molar-refractivity contribution < 1.29 is 28.9 Å². The van der Waals surface area contributed by atoms with Crippen molar-refractivity contribution in [2.45, 2.75) is 19.4 Å². The van der Waals surface area contributed by atoms with Gasteiger partial charge in [0, 0.05) is 18.7 Å². The first kappa shape index (κ1) is 18.8. The number of benzene rings is 1. The van der Waals surface area contributed by atoms with Crippen LogP contribution in [0.15, 0.2) is 21.3 Å². The van der Waals surface area contributed by atoms with Crippen LogP contribution in [0, 0.1) is 6.92 Å². The zero-order valence-corrected chi connectivity index (χ0v) is 14.3. The number of rotatable bonds is 7. The van der Waals surface area contributed by atoms with E-state index in [4.69, 9.17) is 19.0 Å². The monoisotopic (exact) mass is 351 g/mol. The van der Waals surface area contributed by atoms with E-state index < -0.39 is 24.2 Å². The van der Waals surface area contributed by atoms with E-state index in [1.165, 1.54) is 14.2 Å². The first-order valence-corrected chi connectivity index (χ1v) is 7.65. The highest BCUT2D eigenvalue weighted by atomic mass is 16.5. The van der Waals surface area contributed by atoms with Crippen molar-refractivity contribution in [2.24, 2.45) is 0 Å². The van der Waals surface area contributed by atoms with Gasteiger partial charge < -0.3 is 29.4 Å². The smallest absolute Gasteiger partial charge is 0.340 e. The van der Waals surface area contributed by atoms with Crippen LogP contribution >= 0.6 is 0 Å². The molecular weight excluding hydrogens is 330 g/mol. The highest BCUT2D eigenvalue weighted by molar-refractivity contribution is 5.90. The topological polar surface area (TPSA) is 118 Å². The number of nitrogens with one attached hydrogen (secondary N) is 1. The minimum absolute atomic E-state index is 0.103. The Labute approximate surface area is 144 Å².